The number of rotatable bonds is 8. The van der Waals surface area contributed by atoms with Gasteiger partial charge in [-0.25, -0.2) is 18.4 Å². The van der Waals surface area contributed by atoms with E-state index in [-0.39, 0.29) is 11.6 Å². The molecule has 0 saturated carbocycles. The number of aromatic nitrogens is 2. The van der Waals surface area contributed by atoms with Crippen molar-refractivity contribution in [3.8, 4) is 0 Å². The van der Waals surface area contributed by atoms with Crippen molar-refractivity contribution in [3.05, 3.63) is 69.6 Å². The van der Waals surface area contributed by atoms with Crippen molar-refractivity contribution in [2.75, 3.05) is 11.8 Å². The van der Waals surface area contributed by atoms with Gasteiger partial charge < -0.3 is 14.6 Å². The van der Waals surface area contributed by atoms with Crippen LogP contribution in [0.25, 0.3) is 0 Å². The first-order valence-corrected chi connectivity index (χ1v) is 11.1. The average molecular weight is 500 g/mol. The number of benzene rings is 1. The highest BCUT2D eigenvalue weighted by molar-refractivity contribution is 7.96. The van der Waals surface area contributed by atoms with Crippen LogP contribution in [0.2, 0.25) is 0 Å². The molecule has 0 spiro atoms. The van der Waals surface area contributed by atoms with Gasteiger partial charge in [0, 0.05) is 12.7 Å². The highest BCUT2D eigenvalue weighted by Gasteiger charge is 2.39. The summed E-state index contributed by atoms with van der Waals surface area (Å²) in [6, 6.07) is 5.19. The van der Waals surface area contributed by atoms with Gasteiger partial charge in [0.1, 0.15) is 0 Å². The largest absolute Gasteiger partial charge is 0.480 e. The predicted octanol–water partition coefficient (Wildman–Crippen LogP) is 3.65. The first-order chi connectivity index (χ1) is 15.7. The number of halogens is 3. The van der Waals surface area contributed by atoms with Crippen molar-refractivity contribution in [2.24, 2.45) is 12.0 Å². The number of hydrogen-bond acceptors (Lipinski definition) is 6. The Labute approximate surface area is 195 Å². The minimum Gasteiger partial charge on any atom is -0.480 e. The lowest BCUT2D eigenvalue weighted by molar-refractivity contribution is -0.143. The van der Waals surface area contributed by atoms with Crippen molar-refractivity contribution in [1.29, 1.82) is 0 Å². The van der Waals surface area contributed by atoms with E-state index in [0.717, 1.165) is 19.5 Å². The lowest BCUT2D eigenvalue weighted by Crippen LogP contribution is -2.26. The van der Waals surface area contributed by atoms with Crippen LogP contribution in [-0.4, -0.2) is 37.7 Å². The number of nitrogens with zero attached hydrogens (tertiary/aromatic N) is 3. The molecule has 0 unspecified atom stereocenters. The summed E-state index contributed by atoms with van der Waals surface area (Å²) in [5.41, 5.74) is -0.585. The molecule has 13 heteroatoms. The van der Waals surface area contributed by atoms with Crippen molar-refractivity contribution >= 4 is 28.3 Å². The van der Waals surface area contributed by atoms with Crippen LogP contribution in [0.1, 0.15) is 34.2 Å². The molecule has 184 valence electrons. The van der Waals surface area contributed by atoms with E-state index in [2.05, 4.69) is 26.7 Å². The monoisotopic (exact) mass is 499 g/mol. The maximum absolute atomic E-state index is 13.3. The zero-order chi connectivity index (χ0) is 25.8. The molecular formula is C21H24F3N5O4S. The number of carbonyl (C=O) groups is 1. The Kier molecular flexibility index (Phi) is 7.93. The molecule has 2 aromatic rings. The quantitative estimate of drug-likeness (QED) is 0.327. The number of hydrogen-bond donors (Lipinski definition) is 2. The minimum absolute atomic E-state index is 0.108. The van der Waals surface area contributed by atoms with Gasteiger partial charge in [-0.15, -0.1) is 0 Å². The summed E-state index contributed by atoms with van der Waals surface area (Å²) in [6.45, 7) is 8.00. The normalized spacial score (nSPS) is 13.2. The molecule has 0 saturated heterocycles. The second-order valence-corrected chi connectivity index (χ2v) is 8.89. The number of carbonyl (C=O) groups excluding carboxylic acids is 1. The summed E-state index contributed by atoms with van der Waals surface area (Å²) < 4.78 is 74.4. The number of anilines is 1. The summed E-state index contributed by atoms with van der Waals surface area (Å²) >= 11 is 0. The van der Waals surface area contributed by atoms with E-state index in [9.17, 15) is 26.4 Å². The lowest BCUT2D eigenvalue weighted by Gasteiger charge is -2.16. The van der Waals surface area contributed by atoms with Gasteiger partial charge >= 0.3 is 6.18 Å². The van der Waals surface area contributed by atoms with Crippen molar-refractivity contribution < 1.29 is 31.1 Å². The van der Waals surface area contributed by atoms with Crippen LogP contribution in [0.15, 0.2) is 52.1 Å². The van der Waals surface area contributed by atoms with Gasteiger partial charge in [-0.1, -0.05) is 18.2 Å². The Morgan fingerprint density at radius 2 is 1.85 bits per heavy atom. The molecular weight excluding hydrogens is 475 g/mol. The van der Waals surface area contributed by atoms with Crippen LogP contribution in [-0.2, 0) is 28.0 Å². The topological polar surface area (TPSA) is 115 Å². The number of allylic oxidation sites excluding steroid dienone is 2. The SMILES string of the molecule is C=N/C(OC)=C(\C=C(/C)NC(=O)c1ncn(C)c1C(F)(F)F)S(=O)(=O)Nc1c(C)cccc1C. The summed E-state index contributed by atoms with van der Waals surface area (Å²) in [4.78, 5) is 19.1. The van der Waals surface area contributed by atoms with E-state index in [1.807, 2.05) is 0 Å². The maximum atomic E-state index is 13.3. The second kappa shape index (κ2) is 10.1. The molecule has 2 N–H and O–H groups in total. The van der Waals surface area contributed by atoms with Gasteiger partial charge in [0.15, 0.2) is 16.3 Å². The van der Waals surface area contributed by atoms with E-state index in [1.165, 1.54) is 14.0 Å². The zero-order valence-electron chi connectivity index (χ0n) is 19.1. The Morgan fingerprint density at radius 1 is 1.26 bits per heavy atom. The van der Waals surface area contributed by atoms with Crippen LogP contribution in [0.3, 0.4) is 0 Å². The first kappa shape index (κ1) is 26.6. The fourth-order valence-corrected chi connectivity index (χ4v) is 4.47. The minimum atomic E-state index is -4.82. The van der Waals surface area contributed by atoms with Gasteiger partial charge in [0.05, 0.1) is 19.1 Å². The second-order valence-electron chi connectivity index (χ2n) is 7.24. The van der Waals surface area contributed by atoms with Crippen LogP contribution < -0.4 is 10.0 Å². The molecule has 0 aliphatic heterocycles. The molecule has 9 nitrogen and oxygen atoms in total. The highest BCUT2D eigenvalue weighted by atomic mass is 32.2. The fraction of sp³-hybridized carbons (Fsp3) is 0.286. The number of alkyl halides is 3. The van der Waals surface area contributed by atoms with Gasteiger partial charge in [-0.05, 0) is 44.7 Å². The molecule has 0 aliphatic rings. The molecule has 34 heavy (non-hydrogen) atoms. The number of aryl methyl sites for hydroxylation is 3. The van der Waals surface area contributed by atoms with Gasteiger partial charge in [-0.3, -0.25) is 9.52 Å². The highest BCUT2D eigenvalue weighted by Crippen LogP contribution is 2.31. The number of aliphatic imine (C=N–C) groups is 1. The molecule has 0 fully saturated rings. The third-order valence-electron chi connectivity index (χ3n) is 4.63. The number of sulfonamides is 1. The molecule has 1 aromatic carbocycles. The van der Waals surface area contributed by atoms with Crippen LogP contribution >= 0.6 is 0 Å². The van der Waals surface area contributed by atoms with Crippen molar-refractivity contribution in [3.63, 3.8) is 0 Å². The maximum Gasteiger partial charge on any atom is 0.433 e. The smallest absolute Gasteiger partial charge is 0.433 e. The molecule has 0 radical (unpaired) electrons. The van der Waals surface area contributed by atoms with Crippen molar-refractivity contribution in [2.45, 2.75) is 26.9 Å². The van der Waals surface area contributed by atoms with Crippen LogP contribution in [0.5, 0.6) is 0 Å². The molecule has 1 heterocycles. The Bertz CT molecular complexity index is 1260. The summed E-state index contributed by atoms with van der Waals surface area (Å²) in [5.74, 6) is -1.56. The number of ether oxygens (including phenoxy) is 1. The van der Waals surface area contributed by atoms with Crippen LogP contribution in [0.4, 0.5) is 18.9 Å². The van der Waals surface area contributed by atoms with E-state index in [0.29, 0.717) is 21.4 Å². The van der Waals surface area contributed by atoms with Crippen LogP contribution in [0, 0.1) is 13.8 Å². The van der Waals surface area contributed by atoms with Gasteiger partial charge in [0.25, 0.3) is 15.9 Å². The number of para-hydroxylation sites is 1. The number of amides is 1. The zero-order valence-corrected chi connectivity index (χ0v) is 19.9. The van der Waals surface area contributed by atoms with Gasteiger partial charge in [-0.2, -0.15) is 13.2 Å². The molecule has 0 bridgehead atoms. The molecule has 1 amide bonds. The average Bonchev–Trinajstić information content (AvgIpc) is 3.13. The molecule has 0 aliphatic carbocycles. The van der Waals surface area contributed by atoms with Crippen molar-refractivity contribution in [1.82, 2.24) is 14.9 Å². The number of methoxy groups -OCH3 is 1. The Hall–Kier alpha value is -3.61. The molecule has 2 rings (SSSR count). The fourth-order valence-electron chi connectivity index (χ4n) is 3.06. The third kappa shape index (κ3) is 5.84. The summed E-state index contributed by atoms with van der Waals surface area (Å²) in [6.07, 6.45) is -2.97. The standard InChI is InChI=1S/C21H24F3N5O4S/c1-12-8-7-9-13(2)16(12)28-34(31,32)15(20(25-4)33-6)10-14(3)27-19(30)17-18(21(22,23)24)29(5)11-26-17/h7-11,28H,4H2,1-3,5-6H3,(H,27,30)/b14-10+,20-15-. The predicted molar refractivity (Wildman–Crippen MR) is 121 cm³/mol. The molecule has 1 aromatic heterocycles. The van der Waals surface area contributed by atoms with E-state index in [1.54, 1.807) is 32.0 Å². The Balaban J connectivity index is 2.48. The van der Waals surface area contributed by atoms with Gasteiger partial charge in [0.2, 0.25) is 5.88 Å². The first-order valence-electron chi connectivity index (χ1n) is 9.65. The van der Waals surface area contributed by atoms with E-state index < -0.39 is 38.4 Å². The Morgan fingerprint density at radius 3 is 2.35 bits per heavy atom. The molecule has 0 atom stereocenters. The third-order valence-corrected chi connectivity index (χ3v) is 5.98. The summed E-state index contributed by atoms with van der Waals surface area (Å²) in [5, 5.41) is 2.22. The van der Waals surface area contributed by atoms with E-state index in [4.69, 9.17) is 4.74 Å². The number of nitrogens with one attached hydrogen (secondary N) is 2. The summed E-state index contributed by atoms with van der Waals surface area (Å²) in [7, 11) is -2.05. The number of imidazole rings is 1. The van der Waals surface area contributed by atoms with E-state index >= 15 is 0 Å². The lowest BCUT2D eigenvalue weighted by atomic mass is 10.1.